The van der Waals surface area contributed by atoms with Crippen molar-refractivity contribution in [1.29, 1.82) is 0 Å². The van der Waals surface area contributed by atoms with Crippen molar-refractivity contribution >= 4 is 28.7 Å². The van der Waals surface area contributed by atoms with Gasteiger partial charge in [0.25, 0.3) is 0 Å². The third-order valence-corrected chi connectivity index (χ3v) is 5.83. The largest absolute Gasteiger partial charge is 0.422 e. The number of ketones is 2. The van der Waals surface area contributed by atoms with Crippen LogP contribution in [-0.4, -0.2) is 30.6 Å². The maximum atomic E-state index is 12.8. The van der Waals surface area contributed by atoms with Crippen LogP contribution in [0.15, 0.2) is 60.7 Å². The van der Waals surface area contributed by atoms with E-state index in [2.05, 4.69) is 19.2 Å². The van der Waals surface area contributed by atoms with Crippen LogP contribution < -0.4 is 20.5 Å². The van der Waals surface area contributed by atoms with Crippen LogP contribution in [0.4, 0.5) is 0 Å². The van der Waals surface area contributed by atoms with Crippen molar-refractivity contribution in [1.82, 2.24) is 5.32 Å². The van der Waals surface area contributed by atoms with E-state index >= 15 is 0 Å². The molecule has 1 N–H and O–H groups in total. The van der Waals surface area contributed by atoms with Gasteiger partial charge in [0, 0.05) is 16.3 Å². The Labute approximate surface area is 198 Å². The van der Waals surface area contributed by atoms with Crippen molar-refractivity contribution in [2.24, 2.45) is 0 Å². The van der Waals surface area contributed by atoms with Crippen LogP contribution in [0.1, 0.15) is 51.3 Å². The fraction of sp³-hybridized carbons (Fsp3) is 0.207. The molecule has 0 saturated heterocycles. The average molecular weight is 454 g/mol. The molecule has 2 aliphatic rings. The molecule has 34 heavy (non-hydrogen) atoms. The summed E-state index contributed by atoms with van der Waals surface area (Å²) in [5, 5.41) is 4.24. The molecule has 3 aromatic rings. The van der Waals surface area contributed by atoms with Gasteiger partial charge in [-0.15, -0.1) is 0 Å². The summed E-state index contributed by atoms with van der Waals surface area (Å²) in [4.78, 5) is 38.1. The number of esters is 1. The van der Waals surface area contributed by atoms with Crippen LogP contribution in [0.25, 0.3) is 11.1 Å². The van der Waals surface area contributed by atoms with E-state index in [-0.39, 0.29) is 17.1 Å². The molecule has 0 radical (unpaired) electrons. The van der Waals surface area contributed by atoms with Crippen LogP contribution in [0, 0.1) is 13.8 Å². The van der Waals surface area contributed by atoms with Crippen LogP contribution in [0.3, 0.4) is 0 Å². The van der Waals surface area contributed by atoms with Gasteiger partial charge >= 0.3 is 5.97 Å². The molecule has 0 saturated carbocycles. The van der Waals surface area contributed by atoms with Gasteiger partial charge in [0.15, 0.2) is 11.6 Å². The molecule has 5 nitrogen and oxygen atoms in total. The second-order valence-corrected chi connectivity index (χ2v) is 8.39. The lowest BCUT2D eigenvalue weighted by atomic mass is 9.99. The fourth-order valence-corrected chi connectivity index (χ4v) is 4.39. The average Bonchev–Trinajstić information content (AvgIpc) is 3.26. The van der Waals surface area contributed by atoms with Gasteiger partial charge in [-0.2, -0.15) is 0 Å². The predicted octanol–water partition coefficient (Wildman–Crippen LogP) is 3.27. The second-order valence-electron chi connectivity index (χ2n) is 8.39. The number of hydrogen-bond acceptors (Lipinski definition) is 5. The Morgan fingerprint density at radius 3 is 1.85 bits per heavy atom. The lowest BCUT2D eigenvalue weighted by molar-refractivity contribution is -0.127. The van der Waals surface area contributed by atoms with Crippen LogP contribution >= 0.6 is 0 Å². The third kappa shape index (κ3) is 4.22. The normalized spacial score (nSPS) is 13.9. The number of hydrogen-bond donors (Lipinski definition) is 1. The summed E-state index contributed by atoms with van der Waals surface area (Å²) in [5.41, 5.74) is 4.34. The van der Waals surface area contributed by atoms with Gasteiger partial charge in [-0.25, -0.2) is 4.79 Å². The summed E-state index contributed by atoms with van der Waals surface area (Å²) in [5.74, 6) is -0.660. The van der Waals surface area contributed by atoms with E-state index in [1.165, 1.54) is 0 Å². The molecule has 0 spiro atoms. The summed E-state index contributed by atoms with van der Waals surface area (Å²) in [6.07, 6.45) is 0. The third-order valence-electron chi connectivity index (χ3n) is 5.83. The monoisotopic (exact) mass is 453 g/mol. The Bertz CT molecular complexity index is 1390. The number of ether oxygens (including phenoxy) is 1. The molecular weight excluding hydrogens is 426 g/mol. The van der Waals surface area contributed by atoms with Crippen molar-refractivity contribution in [3.8, 4) is 5.75 Å². The van der Waals surface area contributed by atoms with E-state index in [1.807, 2.05) is 32.0 Å². The van der Waals surface area contributed by atoms with Gasteiger partial charge in [-0.05, 0) is 49.9 Å². The Morgan fingerprint density at radius 2 is 1.32 bits per heavy atom. The number of nitrogens with one attached hydrogen (secondary N) is 1. The fourth-order valence-electron chi connectivity index (χ4n) is 4.39. The Balaban J connectivity index is 0.000000499. The molecule has 0 bridgehead atoms. The Hall–Kier alpha value is -3.83. The molecule has 0 aromatic heterocycles. The standard InChI is InChI=1S/C25H16O4.C4H11N/c1-13-9-14(2)11-16(10-13)21-19-8-7-15(12-20(19)29-25(21)28)22-23(26)17-5-3-4-6-18(17)24(22)27;1-3-5-4-2/h3-12H,1-2H3;5H,3-4H2,1-2H3. The van der Waals surface area contributed by atoms with Crippen molar-refractivity contribution in [2.75, 3.05) is 13.1 Å². The summed E-state index contributed by atoms with van der Waals surface area (Å²) in [6.45, 7) is 10.3. The van der Waals surface area contributed by atoms with Gasteiger partial charge in [-0.1, -0.05) is 73.5 Å². The summed E-state index contributed by atoms with van der Waals surface area (Å²) in [6, 6.07) is 17.8. The zero-order chi connectivity index (χ0) is 24.4. The minimum Gasteiger partial charge on any atom is -0.422 e. The van der Waals surface area contributed by atoms with Crippen LogP contribution in [0.5, 0.6) is 5.75 Å². The van der Waals surface area contributed by atoms with E-state index < -0.39 is 5.97 Å². The molecule has 0 unspecified atom stereocenters. The molecular formula is C29H27NO4. The lowest BCUT2D eigenvalue weighted by Gasteiger charge is -2.04. The molecule has 5 rings (SSSR count). The molecule has 0 fully saturated rings. The smallest absolute Gasteiger partial charge is 0.344 e. The summed E-state index contributed by atoms with van der Waals surface area (Å²) < 4.78 is 5.49. The number of aryl methyl sites for hydroxylation is 2. The number of carbonyl (C=O) groups is 3. The van der Waals surface area contributed by atoms with Crippen molar-refractivity contribution in [3.63, 3.8) is 0 Å². The molecule has 1 aliphatic carbocycles. The predicted molar refractivity (Wildman–Crippen MR) is 132 cm³/mol. The van der Waals surface area contributed by atoms with Gasteiger partial charge < -0.3 is 10.1 Å². The zero-order valence-electron chi connectivity index (χ0n) is 19.8. The number of Topliss-reactive ketones (excluding diaryl/α,β-unsaturated/α-hetero) is 2. The highest BCUT2D eigenvalue weighted by Gasteiger charge is 2.33. The number of fused-ring (bicyclic) bond motifs is 2. The molecule has 5 heteroatoms. The van der Waals surface area contributed by atoms with E-state index in [1.54, 1.807) is 42.5 Å². The molecule has 0 atom stereocenters. The number of rotatable bonds is 3. The Morgan fingerprint density at radius 1 is 0.735 bits per heavy atom. The first-order valence-corrected chi connectivity index (χ1v) is 11.4. The molecule has 172 valence electrons. The summed E-state index contributed by atoms with van der Waals surface area (Å²) in [7, 11) is 0. The highest BCUT2D eigenvalue weighted by atomic mass is 16.5. The van der Waals surface area contributed by atoms with Crippen LogP contribution in [-0.2, 0) is 4.79 Å². The Kier molecular flexibility index (Phi) is 6.57. The molecule has 0 amide bonds. The first-order valence-electron chi connectivity index (χ1n) is 11.4. The van der Waals surface area contributed by atoms with Crippen LogP contribution in [0.2, 0.25) is 0 Å². The number of benzene rings is 3. The summed E-state index contributed by atoms with van der Waals surface area (Å²) >= 11 is 0. The SMILES string of the molecule is CCNCC.Cc1cc(C)cc(C2=c3ccc(=C4C(=O)c5ccccc5C4=O)cc3OC2=O)c1. The molecule has 1 aliphatic heterocycles. The van der Waals surface area contributed by atoms with Crippen molar-refractivity contribution in [2.45, 2.75) is 27.7 Å². The topological polar surface area (TPSA) is 72.5 Å². The first kappa shape index (κ1) is 23.3. The number of carbonyl (C=O) groups excluding carboxylic acids is 3. The first-order chi connectivity index (χ1) is 16.3. The highest BCUT2D eigenvalue weighted by molar-refractivity contribution is 6.55. The zero-order valence-corrected chi connectivity index (χ0v) is 19.8. The minimum absolute atomic E-state index is 0.116. The molecule has 1 heterocycles. The lowest BCUT2D eigenvalue weighted by Crippen LogP contribution is -2.17. The van der Waals surface area contributed by atoms with Gasteiger partial charge in [0.2, 0.25) is 0 Å². The minimum atomic E-state index is -0.431. The molecule has 3 aromatic carbocycles. The van der Waals surface area contributed by atoms with E-state index in [9.17, 15) is 14.4 Å². The van der Waals surface area contributed by atoms with E-state index in [0.717, 1.165) is 29.8 Å². The van der Waals surface area contributed by atoms with Crippen molar-refractivity contribution in [3.05, 3.63) is 98.9 Å². The van der Waals surface area contributed by atoms with Crippen molar-refractivity contribution < 1.29 is 19.1 Å². The quantitative estimate of drug-likeness (QED) is 0.487. The van der Waals surface area contributed by atoms with E-state index in [0.29, 0.717) is 32.9 Å². The van der Waals surface area contributed by atoms with Gasteiger partial charge in [0.05, 0.1) is 11.1 Å². The highest BCUT2D eigenvalue weighted by Crippen LogP contribution is 2.27. The second kappa shape index (κ2) is 9.57. The van der Waals surface area contributed by atoms with Gasteiger partial charge in [0.1, 0.15) is 5.75 Å². The maximum absolute atomic E-state index is 12.8. The maximum Gasteiger partial charge on any atom is 0.344 e. The van der Waals surface area contributed by atoms with Gasteiger partial charge in [-0.3, -0.25) is 9.59 Å². The van der Waals surface area contributed by atoms with E-state index in [4.69, 9.17) is 4.74 Å².